The Kier molecular flexibility index (Phi) is 2.91. The molecule has 0 bridgehead atoms. The van der Waals surface area contributed by atoms with Gasteiger partial charge in [0.2, 0.25) is 0 Å². The molecule has 0 aliphatic carbocycles. The molecule has 0 aliphatic heterocycles. The molecule has 17 heavy (non-hydrogen) atoms. The van der Waals surface area contributed by atoms with E-state index in [1.54, 1.807) is 31.2 Å². The van der Waals surface area contributed by atoms with Gasteiger partial charge in [0.25, 0.3) is 5.69 Å². The number of hydrogen-bond donors (Lipinski definition) is 1. The Morgan fingerprint density at radius 2 is 2.00 bits per heavy atom. The Bertz CT molecular complexity index is 639. The third kappa shape index (κ3) is 1.92. The molecule has 1 unspecified atom stereocenters. The first-order chi connectivity index (χ1) is 8.02. The highest BCUT2D eigenvalue weighted by Crippen LogP contribution is 2.32. The van der Waals surface area contributed by atoms with Crippen LogP contribution in [0.25, 0.3) is 10.8 Å². The number of nitro groups is 1. The Hall–Kier alpha value is -1.79. The maximum Gasteiger partial charge on any atom is 0.278 e. The lowest BCUT2D eigenvalue weighted by Gasteiger charge is -2.06. The predicted octanol–water partition coefficient (Wildman–Crippen LogP) is 2.64. The largest absolute Gasteiger partial charge is 0.302 e. The van der Waals surface area contributed by atoms with E-state index in [4.69, 9.17) is 0 Å². The van der Waals surface area contributed by atoms with Crippen LogP contribution in [-0.4, -0.2) is 13.7 Å². The summed E-state index contributed by atoms with van der Waals surface area (Å²) < 4.78 is 20.6. The highest BCUT2D eigenvalue weighted by atomic mass is 32.2. The van der Waals surface area contributed by atoms with Gasteiger partial charge in [0.1, 0.15) is 0 Å². The van der Waals surface area contributed by atoms with Crippen molar-refractivity contribution in [3.8, 4) is 0 Å². The molecular weight excluding hydrogens is 242 g/mol. The molecule has 1 atom stereocenters. The molecule has 2 aromatic rings. The molecule has 0 saturated heterocycles. The fourth-order valence-electron chi connectivity index (χ4n) is 1.81. The second-order valence-electron chi connectivity index (χ2n) is 3.59. The zero-order chi connectivity index (χ0) is 12.6. The lowest BCUT2D eigenvalue weighted by molar-refractivity contribution is -0.383. The van der Waals surface area contributed by atoms with Crippen LogP contribution in [0.3, 0.4) is 0 Å². The van der Waals surface area contributed by atoms with Crippen LogP contribution in [0.4, 0.5) is 5.69 Å². The standard InChI is InChI=1S/C11H9NO4S/c1-7-5-6-8-3-2-4-9(12(13)14)10(8)11(7)17(15)16/h2-6H,1H3,(H,15,16). The van der Waals surface area contributed by atoms with Gasteiger partial charge >= 0.3 is 0 Å². The maximum absolute atomic E-state index is 11.3. The lowest BCUT2D eigenvalue weighted by Crippen LogP contribution is -1.98. The van der Waals surface area contributed by atoms with Crippen LogP contribution < -0.4 is 0 Å². The SMILES string of the molecule is Cc1ccc2cccc([N+](=O)[O-])c2c1S(=O)O. The summed E-state index contributed by atoms with van der Waals surface area (Å²) in [7, 11) is 0. The van der Waals surface area contributed by atoms with Gasteiger partial charge < -0.3 is 4.55 Å². The number of non-ortho nitro benzene ring substituents is 1. The zero-order valence-electron chi connectivity index (χ0n) is 8.91. The van der Waals surface area contributed by atoms with E-state index in [9.17, 15) is 18.9 Å². The van der Waals surface area contributed by atoms with E-state index in [-0.39, 0.29) is 16.0 Å². The van der Waals surface area contributed by atoms with E-state index in [1.165, 1.54) is 6.07 Å². The highest BCUT2D eigenvalue weighted by Gasteiger charge is 2.19. The van der Waals surface area contributed by atoms with E-state index >= 15 is 0 Å². The molecule has 0 aromatic heterocycles. The molecule has 5 nitrogen and oxygen atoms in total. The van der Waals surface area contributed by atoms with Crippen molar-refractivity contribution in [2.24, 2.45) is 0 Å². The van der Waals surface area contributed by atoms with Crippen molar-refractivity contribution in [3.63, 3.8) is 0 Å². The quantitative estimate of drug-likeness (QED) is 0.505. The molecule has 0 spiro atoms. The minimum Gasteiger partial charge on any atom is -0.302 e. The van der Waals surface area contributed by atoms with E-state index in [0.29, 0.717) is 10.9 Å². The van der Waals surface area contributed by atoms with Gasteiger partial charge in [0.05, 0.1) is 15.2 Å². The first-order valence-electron chi connectivity index (χ1n) is 4.80. The van der Waals surface area contributed by atoms with Gasteiger partial charge in [-0.15, -0.1) is 0 Å². The smallest absolute Gasteiger partial charge is 0.278 e. The summed E-state index contributed by atoms with van der Waals surface area (Å²) in [5, 5.41) is 11.7. The Morgan fingerprint density at radius 1 is 1.29 bits per heavy atom. The zero-order valence-corrected chi connectivity index (χ0v) is 9.73. The molecule has 0 saturated carbocycles. The van der Waals surface area contributed by atoms with Crippen LogP contribution in [0.1, 0.15) is 5.56 Å². The minimum absolute atomic E-state index is 0.106. The molecule has 0 radical (unpaired) electrons. The summed E-state index contributed by atoms with van der Waals surface area (Å²) in [6, 6.07) is 7.94. The van der Waals surface area contributed by atoms with Crippen LogP contribution in [-0.2, 0) is 11.1 Å². The van der Waals surface area contributed by atoms with Gasteiger partial charge in [-0.1, -0.05) is 24.3 Å². The van der Waals surface area contributed by atoms with Crippen molar-refractivity contribution < 1.29 is 13.7 Å². The molecule has 0 amide bonds. The van der Waals surface area contributed by atoms with E-state index in [1.807, 2.05) is 0 Å². The number of fused-ring (bicyclic) bond motifs is 1. The average Bonchev–Trinajstić information content (AvgIpc) is 2.27. The van der Waals surface area contributed by atoms with Crippen LogP contribution in [0.15, 0.2) is 35.2 Å². The lowest BCUT2D eigenvalue weighted by atomic mass is 10.1. The van der Waals surface area contributed by atoms with Crippen molar-refractivity contribution >= 4 is 27.5 Å². The molecule has 0 heterocycles. The second kappa shape index (κ2) is 4.23. The topological polar surface area (TPSA) is 80.4 Å². The number of nitrogens with zero attached hydrogens (tertiary/aromatic N) is 1. The van der Waals surface area contributed by atoms with Crippen molar-refractivity contribution in [1.29, 1.82) is 0 Å². The van der Waals surface area contributed by atoms with Gasteiger partial charge in [-0.05, 0) is 17.9 Å². The molecular formula is C11H9NO4S. The Morgan fingerprint density at radius 3 is 2.59 bits per heavy atom. The first kappa shape index (κ1) is 11.7. The molecule has 2 aromatic carbocycles. The van der Waals surface area contributed by atoms with Crippen LogP contribution in [0.2, 0.25) is 0 Å². The van der Waals surface area contributed by atoms with Gasteiger partial charge in [0, 0.05) is 6.07 Å². The molecule has 0 aliphatic rings. The monoisotopic (exact) mass is 251 g/mol. The predicted molar refractivity (Wildman–Crippen MR) is 64.4 cm³/mol. The van der Waals surface area contributed by atoms with Gasteiger partial charge in [-0.25, -0.2) is 4.21 Å². The summed E-state index contributed by atoms with van der Waals surface area (Å²) in [4.78, 5) is 10.5. The molecule has 2 rings (SSSR count). The number of nitro benzene ring substituents is 1. The normalized spacial score (nSPS) is 12.6. The van der Waals surface area contributed by atoms with E-state index in [0.717, 1.165) is 0 Å². The summed E-state index contributed by atoms with van der Waals surface area (Å²) in [5.74, 6) is 0. The summed E-state index contributed by atoms with van der Waals surface area (Å²) in [6.45, 7) is 1.65. The molecule has 6 heteroatoms. The van der Waals surface area contributed by atoms with Crippen LogP contribution >= 0.6 is 0 Å². The fraction of sp³-hybridized carbons (Fsp3) is 0.0909. The number of hydrogen-bond acceptors (Lipinski definition) is 3. The first-order valence-corrected chi connectivity index (χ1v) is 5.90. The third-order valence-electron chi connectivity index (χ3n) is 2.54. The Balaban J connectivity index is 2.99. The van der Waals surface area contributed by atoms with Gasteiger partial charge in [0.15, 0.2) is 11.1 Å². The van der Waals surface area contributed by atoms with Crippen molar-refractivity contribution in [1.82, 2.24) is 0 Å². The van der Waals surface area contributed by atoms with E-state index in [2.05, 4.69) is 0 Å². The number of aryl methyl sites for hydroxylation is 1. The molecule has 1 N–H and O–H groups in total. The molecule has 0 fully saturated rings. The Labute approximate surface area is 99.5 Å². The molecule has 88 valence electrons. The highest BCUT2D eigenvalue weighted by molar-refractivity contribution is 7.79. The van der Waals surface area contributed by atoms with Crippen molar-refractivity contribution in [2.45, 2.75) is 11.8 Å². The maximum atomic E-state index is 11.3. The van der Waals surface area contributed by atoms with Crippen molar-refractivity contribution in [2.75, 3.05) is 0 Å². The summed E-state index contributed by atoms with van der Waals surface area (Å²) >= 11 is -2.25. The minimum atomic E-state index is -2.25. The van der Waals surface area contributed by atoms with Crippen LogP contribution in [0.5, 0.6) is 0 Å². The number of rotatable bonds is 2. The van der Waals surface area contributed by atoms with Gasteiger partial charge in [-0.3, -0.25) is 10.1 Å². The van der Waals surface area contributed by atoms with Crippen LogP contribution in [0, 0.1) is 17.0 Å². The van der Waals surface area contributed by atoms with Crippen molar-refractivity contribution in [3.05, 3.63) is 46.0 Å². The average molecular weight is 251 g/mol. The fourth-order valence-corrected chi connectivity index (χ4v) is 2.55. The van der Waals surface area contributed by atoms with Gasteiger partial charge in [-0.2, -0.15) is 0 Å². The van der Waals surface area contributed by atoms with E-state index < -0.39 is 16.0 Å². The summed E-state index contributed by atoms with van der Waals surface area (Å²) in [5.41, 5.74) is 0.413. The summed E-state index contributed by atoms with van der Waals surface area (Å²) in [6.07, 6.45) is 0. The third-order valence-corrected chi connectivity index (χ3v) is 3.42. The number of benzene rings is 2. The second-order valence-corrected chi connectivity index (χ2v) is 4.50.